The van der Waals surface area contributed by atoms with Gasteiger partial charge >= 0.3 is 11.6 Å². The molecule has 5 N–H and O–H groups in total. The van der Waals surface area contributed by atoms with Gasteiger partial charge in [-0.2, -0.15) is 0 Å². The third kappa shape index (κ3) is 3.74. The number of phenols is 1. The molecule has 8 nitrogen and oxygen atoms in total. The molecule has 0 spiro atoms. The number of rotatable bonds is 4. The van der Waals surface area contributed by atoms with Gasteiger partial charge in [0.25, 0.3) is 5.91 Å². The van der Waals surface area contributed by atoms with Gasteiger partial charge in [-0.3, -0.25) is 9.59 Å². The molecule has 1 aromatic heterocycles. The molecule has 0 fully saturated rings. The second kappa shape index (κ2) is 6.92. The quantitative estimate of drug-likeness (QED) is 0.581. The first-order chi connectivity index (χ1) is 9.88. The van der Waals surface area contributed by atoms with Gasteiger partial charge in [-0.15, -0.1) is 12.4 Å². The Bertz CT molecular complexity index is 773. The highest BCUT2D eigenvalue weighted by Crippen LogP contribution is 2.19. The van der Waals surface area contributed by atoms with E-state index in [1.54, 1.807) is 0 Å². The summed E-state index contributed by atoms with van der Waals surface area (Å²) in [5.41, 5.74) is 4.22. The van der Waals surface area contributed by atoms with E-state index in [1.165, 1.54) is 24.3 Å². The Labute approximate surface area is 129 Å². The summed E-state index contributed by atoms with van der Waals surface area (Å²) in [6, 6.07) is 4.14. The first kappa shape index (κ1) is 17.5. The highest BCUT2D eigenvalue weighted by Gasteiger charge is 2.17. The van der Waals surface area contributed by atoms with Crippen LogP contribution in [-0.2, 0) is 4.79 Å². The number of nitrogens with two attached hydrogens (primary N) is 1. The average molecular weight is 329 g/mol. The Hall–Kier alpha value is -2.58. The van der Waals surface area contributed by atoms with Crippen LogP contribution >= 0.6 is 12.4 Å². The molecule has 9 heteroatoms. The highest BCUT2D eigenvalue weighted by molar-refractivity contribution is 5.97. The standard InChI is InChI=1S/C13H12N2O6.ClH/c14-9(12(18)19)5-15-11(17)8-3-6-1-2-7(16)4-10(6)21-13(8)20;/h1-4,9,16H,5,14H2,(H,15,17)(H,18,19);1H/t9-;/m1./s1. The molecule has 0 aliphatic rings. The van der Waals surface area contributed by atoms with Crippen LogP contribution in [0.15, 0.2) is 33.5 Å². The summed E-state index contributed by atoms with van der Waals surface area (Å²) in [4.78, 5) is 34.1. The van der Waals surface area contributed by atoms with Gasteiger partial charge in [-0.1, -0.05) is 0 Å². The number of hydrogen-bond acceptors (Lipinski definition) is 6. The molecule has 0 aliphatic heterocycles. The van der Waals surface area contributed by atoms with E-state index in [4.69, 9.17) is 15.3 Å². The number of hydrogen-bond donors (Lipinski definition) is 4. The molecule has 0 radical (unpaired) electrons. The van der Waals surface area contributed by atoms with Crippen molar-refractivity contribution < 1.29 is 24.2 Å². The fourth-order valence-electron chi connectivity index (χ4n) is 1.64. The smallest absolute Gasteiger partial charge is 0.349 e. The Morgan fingerprint density at radius 1 is 1.32 bits per heavy atom. The topological polar surface area (TPSA) is 143 Å². The molecule has 1 heterocycles. The van der Waals surface area contributed by atoms with Gasteiger partial charge in [0.2, 0.25) is 0 Å². The number of benzene rings is 1. The van der Waals surface area contributed by atoms with Gasteiger partial charge in [0.15, 0.2) is 0 Å². The Balaban J connectivity index is 0.00000242. The minimum atomic E-state index is -1.27. The van der Waals surface area contributed by atoms with Crippen molar-refractivity contribution in [3.63, 3.8) is 0 Å². The summed E-state index contributed by atoms with van der Waals surface area (Å²) in [7, 11) is 0. The number of carboxylic acid groups (broad SMARTS) is 1. The number of fused-ring (bicyclic) bond motifs is 1. The lowest BCUT2D eigenvalue weighted by Crippen LogP contribution is -2.43. The monoisotopic (exact) mass is 328 g/mol. The molecule has 1 amide bonds. The van der Waals surface area contributed by atoms with E-state index < -0.39 is 23.5 Å². The van der Waals surface area contributed by atoms with Crippen molar-refractivity contribution in [1.29, 1.82) is 0 Å². The molecule has 22 heavy (non-hydrogen) atoms. The Kier molecular flexibility index (Phi) is 5.50. The van der Waals surface area contributed by atoms with Crippen LogP contribution in [0.1, 0.15) is 10.4 Å². The molecular weight excluding hydrogens is 316 g/mol. The molecule has 1 aromatic carbocycles. The molecule has 2 rings (SSSR count). The molecule has 0 unspecified atom stereocenters. The zero-order valence-electron chi connectivity index (χ0n) is 11.1. The number of carbonyl (C=O) groups excluding carboxylic acids is 1. The lowest BCUT2D eigenvalue weighted by molar-refractivity contribution is -0.138. The van der Waals surface area contributed by atoms with Gasteiger partial charge in [-0.05, 0) is 18.2 Å². The van der Waals surface area contributed by atoms with Crippen molar-refractivity contribution in [2.45, 2.75) is 6.04 Å². The van der Waals surface area contributed by atoms with Gasteiger partial charge in [-0.25, -0.2) is 4.79 Å². The van der Waals surface area contributed by atoms with Crippen molar-refractivity contribution in [1.82, 2.24) is 5.32 Å². The largest absolute Gasteiger partial charge is 0.508 e. The summed E-state index contributed by atoms with van der Waals surface area (Å²) >= 11 is 0. The molecular formula is C13H13ClN2O6. The van der Waals surface area contributed by atoms with Crippen molar-refractivity contribution in [2.75, 3.05) is 6.54 Å². The fourth-order valence-corrected chi connectivity index (χ4v) is 1.64. The number of aromatic hydroxyl groups is 1. The van der Waals surface area contributed by atoms with Crippen LogP contribution in [0.3, 0.4) is 0 Å². The zero-order chi connectivity index (χ0) is 15.6. The summed E-state index contributed by atoms with van der Waals surface area (Å²) in [6.45, 7) is -0.318. The number of halogens is 1. The molecule has 0 bridgehead atoms. The van der Waals surface area contributed by atoms with Crippen LogP contribution in [0, 0.1) is 0 Å². The summed E-state index contributed by atoms with van der Waals surface area (Å²) in [6.07, 6.45) is 0. The maximum absolute atomic E-state index is 11.8. The number of aliphatic carboxylic acids is 1. The zero-order valence-corrected chi connectivity index (χ0v) is 11.9. The van der Waals surface area contributed by atoms with E-state index in [0.29, 0.717) is 5.39 Å². The van der Waals surface area contributed by atoms with Crippen LogP contribution in [-0.4, -0.2) is 34.7 Å². The number of carboxylic acids is 1. The van der Waals surface area contributed by atoms with Crippen molar-refractivity contribution in [3.8, 4) is 5.75 Å². The lowest BCUT2D eigenvalue weighted by atomic mass is 10.1. The Morgan fingerprint density at radius 2 is 2.00 bits per heavy atom. The molecule has 0 aliphatic carbocycles. The normalized spacial score (nSPS) is 11.5. The van der Waals surface area contributed by atoms with Gasteiger partial charge < -0.3 is 25.7 Å². The van der Waals surface area contributed by atoms with Crippen LogP contribution in [0.5, 0.6) is 5.75 Å². The first-order valence-corrected chi connectivity index (χ1v) is 5.92. The number of amides is 1. The SMILES string of the molecule is Cl.N[C@H](CNC(=O)c1cc2ccc(O)cc2oc1=O)C(=O)O. The molecule has 0 saturated carbocycles. The molecule has 0 saturated heterocycles. The average Bonchev–Trinajstić information content (AvgIpc) is 2.43. The number of nitrogens with one attached hydrogen (secondary N) is 1. The van der Waals surface area contributed by atoms with Crippen LogP contribution < -0.4 is 16.7 Å². The van der Waals surface area contributed by atoms with E-state index >= 15 is 0 Å². The third-order valence-electron chi connectivity index (χ3n) is 2.76. The van der Waals surface area contributed by atoms with E-state index in [1.807, 2.05) is 0 Å². The second-order valence-corrected chi connectivity index (χ2v) is 4.32. The van der Waals surface area contributed by atoms with Crippen molar-refractivity contribution in [3.05, 3.63) is 40.2 Å². The number of phenolic OH excluding ortho intramolecular Hbond substituents is 1. The first-order valence-electron chi connectivity index (χ1n) is 5.92. The summed E-state index contributed by atoms with van der Waals surface area (Å²) < 4.78 is 4.93. The summed E-state index contributed by atoms with van der Waals surface area (Å²) in [5.74, 6) is -2.12. The van der Waals surface area contributed by atoms with Gasteiger partial charge in [0, 0.05) is 18.0 Å². The second-order valence-electron chi connectivity index (χ2n) is 4.32. The predicted octanol–water partition coefficient (Wildman–Crippen LogP) is 0.0621. The number of carbonyl (C=O) groups is 2. The molecule has 1 atom stereocenters. The van der Waals surface area contributed by atoms with Crippen LogP contribution in [0.2, 0.25) is 0 Å². The lowest BCUT2D eigenvalue weighted by Gasteiger charge is -2.08. The van der Waals surface area contributed by atoms with Gasteiger partial charge in [0.1, 0.15) is 22.9 Å². The van der Waals surface area contributed by atoms with E-state index in [2.05, 4.69) is 5.32 Å². The fraction of sp³-hybridized carbons (Fsp3) is 0.154. The minimum Gasteiger partial charge on any atom is -0.508 e. The predicted molar refractivity (Wildman–Crippen MR) is 79.3 cm³/mol. The van der Waals surface area contributed by atoms with E-state index in [0.717, 1.165) is 0 Å². The maximum atomic E-state index is 11.8. The van der Waals surface area contributed by atoms with E-state index in [-0.39, 0.29) is 35.8 Å². The minimum absolute atomic E-state index is 0. The van der Waals surface area contributed by atoms with Crippen LogP contribution in [0.4, 0.5) is 0 Å². The van der Waals surface area contributed by atoms with Crippen molar-refractivity contribution in [2.24, 2.45) is 5.73 Å². The molecule has 118 valence electrons. The highest BCUT2D eigenvalue weighted by atomic mass is 35.5. The summed E-state index contributed by atoms with van der Waals surface area (Å²) in [5, 5.41) is 20.6. The van der Waals surface area contributed by atoms with Crippen LogP contribution in [0.25, 0.3) is 11.0 Å². The maximum Gasteiger partial charge on any atom is 0.349 e. The van der Waals surface area contributed by atoms with E-state index in [9.17, 15) is 19.5 Å². The Morgan fingerprint density at radius 3 is 2.64 bits per heavy atom. The van der Waals surface area contributed by atoms with Crippen molar-refractivity contribution >= 4 is 35.3 Å². The third-order valence-corrected chi connectivity index (χ3v) is 2.76. The molecule has 2 aromatic rings. The van der Waals surface area contributed by atoms with Gasteiger partial charge in [0.05, 0.1) is 0 Å².